The molecule has 29 heavy (non-hydrogen) atoms. The fourth-order valence-electron chi connectivity index (χ4n) is 3.49. The summed E-state index contributed by atoms with van der Waals surface area (Å²) in [5, 5.41) is 9.29. The lowest BCUT2D eigenvalue weighted by atomic mass is 9.95. The molecule has 1 saturated carbocycles. The molecule has 0 amide bonds. The van der Waals surface area contributed by atoms with Crippen LogP contribution in [0.4, 0.5) is 8.78 Å². The van der Waals surface area contributed by atoms with Crippen molar-refractivity contribution < 1.29 is 21.6 Å². The fraction of sp³-hybridized carbons (Fsp3) is 0.368. The molecule has 6 nitrogen and oxygen atoms in total. The standard InChI is InChI=1S/C19H19F2N3O3S2/c20-18(21)29(25,26)15-10-8-14(9-11-15)28-19-23-22-17(16-7-4-12-27-16)24(19)13-5-2-1-3-6-13/h4,7-13,18H,1-3,5-6H2. The van der Waals surface area contributed by atoms with E-state index in [1.54, 1.807) is 12.3 Å². The van der Waals surface area contributed by atoms with E-state index in [0.29, 0.717) is 21.6 Å². The first-order valence-corrected chi connectivity index (χ1v) is 11.6. The highest BCUT2D eigenvalue weighted by Crippen LogP contribution is 2.38. The zero-order valence-electron chi connectivity index (χ0n) is 15.4. The van der Waals surface area contributed by atoms with Crippen LogP contribution in [0.25, 0.3) is 11.6 Å². The highest BCUT2D eigenvalue weighted by Gasteiger charge is 2.27. The van der Waals surface area contributed by atoms with Gasteiger partial charge >= 0.3 is 5.76 Å². The summed E-state index contributed by atoms with van der Waals surface area (Å²) in [6.45, 7) is 0. The molecule has 1 aliphatic carbocycles. The predicted molar refractivity (Wildman–Crippen MR) is 104 cm³/mol. The quantitative estimate of drug-likeness (QED) is 0.526. The molecule has 0 saturated heterocycles. The third-order valence-electron chi connectivity index (χ3n) is 4.94. The number of furan rings is 1. The van der Waals surface area contributed by atoms with Crippen molar-refractivity contribution in [3.8, 4) is 11.6 Å². The van der Waals surface area contributed by atoms with Gasteiger partial charge in [0.15, 0.2) is 10.9 Å². The Morgan fingerprint density at radius 2 is 1.79 bits per heavy atom. The predicted octanol–water partition coefficient (Wildman–Crippen LogP) is 5.19. The van der Waals surface area contributed by atoms with Crippen LogP contribution in [0, 0.1) is 0 Å². The van der Waals surface area contributed by atoms with E-state index in [1.165, 1.54) is 42.4 Å². The minimum absolute atomic E-state index is 0.250. The lowest BCUT2D eigenvalue weighted by Gasteiger charge is -2.25. The molecule has 0 atom stereocenters. The topological polar surface area (TPSA) is 78.0 Å². The van der Waals surface area contributed by atoms with Gasteiger partial charge in [0, 0.05) is 10.9 Å². The van der Waals surface area contributed by atoms with Gasteiger partial charge in [-0.25, -0.2) is 8.42 Å². The smallest absolute Gasteiger partial charge is 0.341 e. The summed E-state index contributed by atoms with van der Waals surface area (Å²) < 4.78 is 56.2. The van der Waals surface area contributed by atoms with E-state index in [1.807, 2.05) is 6.07 Å². The van der Waals surface area contributed by atoms with Crippen molar-refractivity contribution in [3.63, 3.8) is 0 Å². The van der Waals surface area contributed by atoms with Crippen molar-refractivity contribution in [2.45, 2.75) is 58.9 Å². The van der Waals surface area contributed by atoms with E-state index in [9.17, 15) is 17.2 Å². The molecule has 1 fully saturated rings. The first-order valence-electron chi connectivity index (χ1n) is 9.25. The molecule has 3 aromatic rings. The number of benzene rings is 1. The van der Waals surface area contributed by atoms with Crippen LogP contribution in [0.3, 0.4) is 0 Å². The number of hydrogen-bond acceptors (Lipinski definition) is 6. The summed E-state index contributed by atoms with van der Waals surface area (Å²) in [5.41, 5.74) is 0. The van der Waals surface area contributed by atoms with Crippen LogP contribution in [-0.2, 0) is 9.84 Å². The monoisotopic (exact) mass is 439 g/mol. The molecule has 154 valence electrons. The Morgan fingerprint density at radius 3 is 2.41 bits per heavy atom. The second kappa shape index (κ2) is 8.27. The molecule has 0 bridgehead atoms. The molecule has 4 rings (SSSR count). The minimum Gasteiger partial charge on any atom is -0.461 e. The molecule has 10 heteroatoms. The SMILES string of the molecule is O=S(=O)(c1ccc(Sc2nnc(-c3ccco3)n2C2CCCCC2)cc1)C(F)F. The Bertz CT molecular complexity index is 1060. The van der Waals surface area contributed by atoms with Gasteiger partial charge in [-0.05, 0) is 61.0 Å². The number of hydrogen-bond donors (Lipinski definition) is 0. The molecule has 2 heterocycles. The fourth-order valence-corrected chi connectivity index (χ4v) is 5.11. The molecule has 1 aromatic carbocycles. The van der Waals surface area contributed by atoms with Crippen molar-refractivity contribution >= 4 is 21.6 Å². The van der Waals surface area contributed by atoms with Crippen LogP contribution in [0.2, 0.25) is 0 Å². The third-order valence-corrected chi connectivity index (χ3v) is 7.31. The van der Waals surface area contributed by atoms with Crippen LogP contribution < -0.4 is 0 Å². The maximum Gasteiger partial charge on any atom is 0.341 e. The third kappa shape index (κ3) is 4.09. The first-order chi connectivity index (χ1) is 14.0. The Kier molecular flexibility index (Phi) is 5.73. The second-order valence-corrected chi connectivity index (χ2v) is 9.78. The van der Waals surface area contributed by atoms with Gasteiger partial charge in [0.1, 0.15) is 0 Å². The van der Waals surface area contributed by atoms with Crippen molar-refractivity contribution in [1.82, 2.24) is 14.8 Å². The highest BCUT2D eigenvalue weighted by atomic mass is 32.2. The minimum atomic E-state index is -4.61. The zero-order chi connectivity index (χ0) is 20.4. The molecule has 2 aromatic heterocycles. The molecular weight excluding hydrogens is 420 g/mol. The number of rotatable bonds is 6. The number of halogens is 2. The summed E-state index contributed by atoms with van der Waals surface area (Å²) in [7, 11) is -4.61. The molecule has 0 N–H and O–H groups in total. The largest absolute Gasteiger partial charge is 0.461 e. The van der Waals surface area contributed by atoms with Gasteiger partial charge in [0.05, 0.1) is 11.2 Å². The number of alkyl halides is 2. The average molecular weight is 440 g/mol. The molecule has 0 radical (unpaired) electrons. The normalized spacial score (nSPS) is 15.8. The van der Waals surface area contributed by atoms with E-state index in [0.717, 1.165) is 25.7 Å². The average Bonchev–Trinajstić information content (AvgIpc) is 3.39. The van der Waals surface area contributed by atoms with Crippen LogP contribution in [0.5, 0.6) is 0 Å². The lowest BCUT2D eigenvalue weighted by Crippen LogP contribution is -2.15. The highest BCUT2D eigenvalue weighted by molar-refractivity contribution is 7.99. The number of nitrogens with zero attached hydrogens (tertiary/aromatic N) is 3. The van der Waals surface area contributed by atoms with E-state index < -0.39 is 20.5 Å². The maximum absolute atomic E-state index is 12.7. The van der Waals surface area contributed by atoms with Gasteiger partial charge in [-0.2, -0.15) is 8.78 Å². The van der Waals surface area contributed by atoms with Gasteiger partial charge in [-0.15, -0.1) is 10.2 Å². The van der Waals surface area contributed by atoms with E-state index in [-0.39, 0.29) is 6.04 Å². The number of aromatic nitrogens is 3. The molecule has 0 aliphatic heterocycles. The molecular formula is C19H19F2N3O3S2. The molecule has 0 spiro atoms. The van der Waals surface area contributed by atoms with Crippen molar-refractivity contribution in [1.29, 1.82) is 0 Å². The van der Waals surface area contributed by atoms with E-state index in [2.05, 4.69) is 14.8 Å². The maximum atomic E-state index is 12.7. The van der Waals surface area contributed by atoms with Gasteiger partial charge < -0.3 is 4.42 Å². The molecule has 1 aliphatic rings. The summed E-state index contributed by atoms with van der Waals surface area (Å²) in [5.74, 6) is -2.15. The van der Waals surface area contributed by atoms with Crippen LogP contribution >= 0.6 is 11.8 Å². The molecule has 0 unspecified atom stereocenters. The Labute approximate surface area is 171 Å². The van der Waals surface area contributed by atoms with Crippen LogP contribution in [0.1, 0.15) is 38.1 Å². The first kappa shape index (κ1) is 20.1. The Hall–Kier alpha value is -2.20. The summed E-state index contributed by atoms with van der Waals surface area (Å²) in [6, 6.07) is 9.28. The summed E-state index contributed by atoms with van der Waals surface area (Å²) in [6.07, 6.45) is 7.09. The van der Waals surface area contributed by atoms with Crippen molar-refractivity contribution in [2.75, 3.05) is 0 Å². The second-order valence-electron chi connectivity index (χ2n) is 6.82. The summed E-state index contributed by atoms with van der Waals surface area (Å²) in [4.78, 5) is 0.288. The van der Waals surface area contributed by atoms with Gasteiger partial charge in [0.25, 0.3) is 0 Å². The van der Waals surface area contributed by atoms with Crippen molar-refractivity contribution in [2.24, 2.45) is 0 Å². The Balaban J connectivity index is 1.65. The van der Waals surface area contributed by atoms with Crippen LogP contribution in [-0.4, -0.2) is 28.9 Å². The summed E-state index contributed by atoms with van der Waals surface area (Å²) >= 11 is 1.32. The van der Waals surface area contributed by atoms with Crippen LogP contribution in [0.15, 0.2) is 62.0 Å². The number of sulfone groups is 1. The van der Waals surface area contributed by atoms with Gasteiger partial charge in [0.2, 0.25) is 15.7 Å². The zero-order valence-corrected chi connectivity index (χ0v) is 17.0. The van der Waals surface area contributed by atoms with E-state index in [4.69, 9.17) is 4.42 Å². The lowest BCUT2D eigenvalue weighted by molar-refractivity contribution is 0.234. The van der Waals surface area contributed by atoms with Gasteiger partial charge in [-0.1, -0.05) is 19.3 Å². The van der Waals surface area contributed by atoms with E-state index >= 15 is 0 Å². The van der Waals surface area contributed by atoms with Gasteiger partial charge in [-0.3, -0.25) is 4.57 Å². The Morgan fingerprint density at radius 1 is 1.07 bits per heavy atom. The van der Waals surface area contributed by atoms with Crippen molar-refractivity contribution in [3.05, 3.63) is 42.7 Å².